The summed E-state index contributed by atoms with van der Waals surface area (Å²) >= 11 is 0. The van der Waals surface area contributed by atoms with Gasteiger partial charge >= 0.3 is 0 Å². The van der Waals surface area contributed by atoms with E-state index in [1.54, 1.807) is 12.1 Å². The molecule has 0 aliphatic rings. The number of likely N-dealkylation sites (N-methyl/N-ethyl adjacent to an activating group) is 1. The molecular formula is C11H20N4O2S. The quantitative estimate of drug-likeness (QED) is 0.823. The molecule has 0 fully saturated rings. The highest BCUT2D eigenvalue weighted by atomic mass is 32.2. The van der Waals surface area contributed by atoms with Crippen molar-refractivity contribution in [1.29, 1.82) is 0 Å². The average molecular weight is 272 g/mol. The molecule has 18 heavy (non-hydrogen) atoms. The number of nitrogens with zero attached hydrogens (tertiary/aromatic N) is 3. The Morgan fingerprint density at radius 3 is 2.33 bits per heavy atom. The van der Waals surface area contributed by atoms with Gasteiger partial charge in [0.25, 0.3) is 0 Å². The molecular weight excluding hydrogens is 252 g/mol. The van der Waals surface area contributed by atoms with Gasteiger partial charge in [-0.05, 0) is 19.1 Å². The summed E-state index contributed by atoms with van der Waals surface area (Å²) in [5.41, 5.74) is 5.58. The minimum absolute atomic E-state index is 0.147. The molecule has 1 heterocycles. The normalized spacial score (nSPS) is 13.7. The number of anilines is 1. The third-order valence-corrected chi connectivity index (χ3v) is 4.66. The van der Waals surface area contributed by atoms with Gasteiger partial charge in [-0.25, -0.2) is 17.7 Å². The van der Waals surface area contributed by atoms with E-state index in [9.17, 15) is 8.42 Å². The summed E-state index contributed by atoms with van der Waals surface area (Å²) in [5.74, 6) is 0.700. The predicted molar refractivity (Wildman–Crippen MR) is 72.0 cm³/mol. The lowest BCUT2D eigenvalue weighted by atomic mass is 10.3. The lowest BCUT2D eigenvalue weighted by molar-refractivity contribution is 0.520. The topological polar surface area (TPSA) is 79.5 Å². The zero-order chi connectivity index (χ0) is 13.9. The van der Waals surface area contributed by atoms with Crippen molar-refractivity contribution in [1.82, 2.24) is 9.29 Å². The number of pyridine rings is 1. The molecule has 0 spiro atoms. The number of hydrogen-bond acceptors (Lipinski definition) is 5. The lowest BCUT2D eigenvalue weighted by Gasteiger charge is -2.24. The Kier molecular flexibility index (Phi) is 4.66. The van der Waals surface area contributed by atoms with Crippen LogP contribution in [0.4, 0.5) is 5.82 Å². The zero-order valence-corrected chi connectivity index (χ0v) is 12.0. The van der Waals surface area contributed by atoms with Crippen molar-refractivity contribution < 1.29 is 8.42 Å². The highest BCUT2D eigenvalue weighted by Gasteiger charge is 2.18. The van der Waals surface area contributed by atoms with Gasteiger partial charge in [0.05, 0.1) is 0 Å². The summed E-state index contributed by atoms with van der Waals surface area (Å²) in [6, 6.07) is 3.38. The maximum Gasteiger partial charge on any atom is 0.244 e. The van der Waals surface area contributed by atoms with Gasteiger partial charge in [-0.15, -0.1) is 0 Å². The van der Waals surface area contributed by atoms with Crippen LogP contribution >= 0.6 is 0 Å². The number of rotatable bonds is 5. The second kappa shape index (κ2) is 5.64. The lowest BCUT2D eigenvalue weighted by Crippen LogP contribution is -2.35. The molecule has 0 saturated heterocycles. The molecule has 0 aliphatic heterocycles. The standard InChI is InChI=1S/C11H20N4O2S/c1-9(7-12)15(4)11-6-5-10(8-13-11)18(16,17)14(2)3/h5-6,8-9H,7,12H2,1-4H3. The van der Waals surface area contributed by atoms with E-state index in [0.29, 0.717) is 12.4 Å². The smallest absolute Gasteiger partial charge is 0.244 e. The van der Waals surface area contributed by atoms with Crippen LogP contribution < -0.4 is 10.6 Å². The van der Waals surface area contributed by atoms with E-state index in [1.165, 1.54) is 20.3 Å². The van der Waals surface area contributed by atoms with Gasteiger partial charge in [0.2, 0.25) is 10.0 Å². The van der Waals surface area contributed by atoms with Gasteiger partial charge in [-0.3, -0.25) is 0 Å². The van der Waals surface area contributed by atoms with E-state index in [-0.39, 0.29) is 10.9 Å². The first-order valence-corrected chi connectivity index (χ1v) is 7.06. The van der Waals surface area contributed by atoms with Crippen molar-refractivity contribution in [2.45, 2.75) is 17.9 Å². The van der Waals surface area contributed by atoms with Gasteiger partial charge in [-0.1, -0.05) is 0 Å². The third-order valence-electron chi connectivity index (χ3n) is 2.86. The Morgan fingerprint density at radius 1 is 1.33 bits per heavy atom. The molecule has 1 rings (SSSR count). The second-order valence-corrected chi connectivity index (χ2v) is 6.49. The fourth-order valence-electron chi connectivity index (χ4n) is 1.33. The van der Waals surface area contributed by atoms with Crippen molar-refractivity contribution in [3.63, 3.8) is 0 Å². The molecule has 0 saturated carbocycles. The SMILES string of the molecule is CC(CN)N(C)c1ccc(S(=O)(=O)N(C)C)cn1. The molecule has 0 aliphatic carbocycles. The van der Waals surface area contributed by atoms with Crippen LogP contribution in [-0.2, 0) is 10.0 Å². The molecule has 1 aromatic heterocycles. The Hall–Kier alpha value is -1.18. The van der Waals surface area contributed by atoms with Crippen molar-refractivity contribution in [2.24, 2.45) is 5.73 Å². The van der Waals surface area contributed by atoms with Gasteiger partial charge in [-0.2, -0.15) is 0 Å². The van der Waals surface area contributed by atoms with E-state index >= 15 is 0 Å². The monoisotopic (exact) mass is 272 g/mol. The van der Waals surface area contributed by atoms with E-state index in [0.717, 1.165) is 4.31 Å². The molecule has 102 valence electrons. The summed E-state index contributed by atoms with van der Waals surface area (Å²) in [4.78, 5) is 6.25. The fraction of sp³-hybridized carbons (Fsp3) is 0.545. The van der Waals surface area contributed by atoms with Crippen molar-refractivity contribution in [2.75, 3.05) is 32.6 Å². The number of sulfonamides is 1. The second-order valence-electron chi connectivity index (χ2n) is 4.34. The van der Waals surface area contributed by atoms with E-state index in [4.69, 9.17) is 5.73 Å². The molecule has 7 heteroatoms. The fourth-order valence-corrected chi connectivity index (χ4v) is 2.18. The highest BCUT2D eigenvalue weighted by Crippen LogP contribution is 2.16. The van der Waals surface area contributed by atoms with Crippen LogP contribution in [0.15, 0.2) is 23.2 Å². The van der Waals surface area contributed by atoms with Crippen molar-refractivity contribution in [3.8, 4) is 0 Å². The van der Waals surface area contributed by atoms with E-state index in [2.05, 4.69) is 4.98 Å². The van der Waals surface area contributed by atoms with Gasteiger partial charge in [0.15, 0.2) is 0 Å². The molecule has 1 unspecified atom stereocenters. The van der Waals surface area contributed by atoms with Crippen molar-refractivity contribution in [3.05, 3.63) is 18.3 Å². The largest absolute Gasteiger partial charge is 0.356 e. The first-order chi connectivity index (χ1) is 8.30. The average Bonchev–Trinajstić information content (AvgIpc) is 2.36. The molecule has 0 amide bonds. The van der Waals surface area contributed by atoms with Crippen LogP contribution in [-0.4, -0.2) is 51.4 Å². The number of hydrogen-bond donors (Lipinski definition) is 1. The van der Waals surface area contributed by atoms with E-state index < -0.39 is 10.0 Å². The molecule has 1 atom stereocenters. The summed E-state index contributed by atoms with van der Waals surface area (Å²) in [6.45, 7) is 2.49. The Labute approximate surface area is 108 Å². The molecule has 0 radical (unpaired) electrons. The van der Waals surface area contributed by atoms with Crippen LogP contribution in [0.3, 0.4) is 0 Å². The first kappa shape index (κ1) is 14.9. The van der Waals surface area contributed by atoms with Crippen LogP contribution in [0, 0.1) is 0 Å². The summed E-state index contributed by atoms with van der Waals surface area (Å²) in [6.07, 6.45) is 1.37. The first-order valence-electron chi connectivity index (χ1n) is 5.62. The van der Waals surface area contributed by atoms with Gasteiger partial charge in [0.1, 0.15) is 10.7 Å². The third kappa shape index (κ3) is 2.98. The maximum absolute atomic E-state index is 11.9. The minimum atomic E-state index is -3.42. The summed E-state index contributed by atoms with van der Waals surface area (Å²) in [5, 5.41) is 0. The molecule has 1 aromatic rings. The Bertz CT molecular complexity index is 484. The molecule has 0 aromatic carbocycles. The van der Waals surface area contributed by atoms with Gasteiger partial charge < -0.3 is 10.6 Å². The molecule has 0 bridgehead atoms. The maximum atomic E-state index is 11.9. The molecule has 6 nitrogen and oxygen atoms in total. The van der Waals surface area contributed by atoms with Gasteiger partial charge in [0, 0.05) is 39.9 Å². The molecule has 2 N–H and O–H groups in total. The predicted octanol–water partition coefficient (Wildman–Crippen LogP) is 0.115. The van der Waals surface area contributed by atoms with Crippen LogP contribution in [0.2, 0.25) is 0 Å². The minimum Gasteiger partial charge on any atom is -0.356 e. The highest BCUT2D eigenvalue weighted by molar-refractivity contribution is 7.89. The zero-order valence-electron chi connectivity index (χ0n) is 11.2. The van der Waals surface area contributed by atoms with Crippen LogP contribution in [0.25, 0.3) is 0 Å². The summed E-state index contributed by atoms with van der Waals surface area (Å²) in [7, 11) is 1.44. The van der Waals surface area contributed by atoms with Crippen LogP contribution in [0.1, 0.15) is 6.92 Å². The van der Waals surface area contributed by atoms with E-state index in [1.807, 2.05) is 18.9 Å². The summed E-state index contributed by atoms with van der Waals surface area (Å²) < 4.78 is 24.9. The number of aromatic nitrogens is 1. The Balaban J connectivity index is 3.01. The number of nitrogens with two attached hydrogens (primary N) is 1. The van der Waals surface area contributed by atoms with Crippen LogP contribution in [0.5, 0.6) is 0 Å². The van der Waals surface area contributed by atoms with Crippen molar-refractivity contribution >= 4 is 15.8 Å². The Morgan fingerprint density at radius 2 is 1.94 bits per heavy atom.